The number of ether oxygens (including phenoxy) is 2. The topological polar surface area (TPSA) is 56.6 Å². The molecule has 6 nitrogen and oxygen atoms in total. The molecule has 1 aliphatic rings. The van der Waals surface area contributed by atoms with Gasteiger partial charge in [-0.15, -0.1) is 5.10 Å². The molecule has 1 amide bonds. The van der Waals surface area contributed by atoms with Crippen LogP contribution in [0.2, 0.25) is 0 Å². The number of hydrogen-bond donors (Lipinski definition) is 0. The molecule has 112 valence electrons. The van der Waals surface area contributed by atoms with Gasteiger partial charge < -0.3 is 14.4 Å². The summed E-state index contributed by atoms with van der Waals surface area (Å²) in [6.45, 7) is 1.48. The number of nitrogens with zero attached hydrogens (tertiary/aromatic N) is 3. The van der Waals surface area contributed by atoms with Crippen molar-refractivity contribution in [3.8, 4) is 5.88 Å². The highest BCUT2D eigenvalue weighted by molar-refractivity contribution is 5.77. The molecule has 0 bridgehead atoms. The summed E-state index contributed by atoms with van der Waals surface area (Å²) in [5, 5.41) is 3.57. The molecule has 0 aromatic carbocycles. The molecule has 0 N–H and O–H groups in total. The smallest absolute Gasteiger partial charge is 0.433 e. The van der Waals surface area contributed by atoms with E-state index in [1.807, 2.05) is 0 Å². The van der Waals surface area contributed by atoms with Gasteiger partial charge in [-0.3, -0.25) is 9.48 Å². The zero-order chi connectivity index (χ0) is 14.8. The second kappa shape index (κ2) is 5.70. The lowest BCUT2D eigenvalue weighted by Crippen LogP contribution is -2.43. The average molecular weight is 293 g/mol. The third-order valence-corrected chi connectivity index (χ3v) is 2.86. The van der Waals surface area contributed by atoms with Crippen molar-refractivity contribution < 1.29 is 27.4 Å². The number of amides is 1. The molecule has 1 aromatic rings. The number of aryl methyl sites for hydroxylation is 1. The van der Waals surface area contributed by atoms with Crippen LogP contribution in [-0.2, 0) is 22.8 Å². The van der Waals surface area contributed by atoms with Gasteiger partial charge in [0.15, 0.2) is 6.61 Å². The molecule has 0 spiro atoms. The first-order chi connectivity index (χ1) is 9.38. The maximum Gasteiger partial charge on any atom is 0.433 e. The molecule has 9 heteroatoms. The first-order valence-corrected chi connectivity index (χ1v) is 5.97. The highest BCUT2D eigenvalue weighted by atomic mass is 19.4. The number of halogens is 3. The fourth-order valence-corrected chi connectivity index (χ4v) is 1.82. The number of carbonyl (C=O) groups excluding carboxylic acids is 1. The molecule has 1 aliphatic heterocycles. The van der Waals surface area contributed by atoms with Crippen LogP contribution < -0.4 is 4.74 Å². The lowest BCUT2D eigenvalue weighted by molar-refractivity contribution is -0.143. The summed E-state index contributed by atoms with van der Waals surface area (Å²) < 4.78 is 48.4. The third kappa shape index (κ3) is 3.41. The Morgan fingerprint density at radius 1 is 1.45 bits per heavy atom. The van der Waals surface area contributed by atoms with Crippen LogP contribution in [0.5, 0.6) is 5.88 Å². The number of hydrogen-bond acceptors (Lipinski definition) is 4. The van der Waals surface area contributed by atoms with Crippen molar-refractivity contribution in [2.45, 2.75) is 6.18 Å². The average Bonchev–Trinajstić information content (AvgIpc) is 2.78. The van der Waals surface area contributed by atoms with Crippen LogP contribution in [-0.4, -0.2) is 53.5 Å². The summed E-state index contributed by atoms with van der Waals surface area (Å²) in [6, 6.07) is 0.770. The van der Waals surface area contributed by atoms with Crippen molar-refractivity contribution in [3.63, 3.8) is 0 Å². The van der Waals surface area contributed by atoms with Gasteiger partial charge in [0.25, 0.3) is 5.91 Å². The fourth-order valence-electron chi connectivity index (χ4n) is 1.82. The Hall–Kier alpha value is -1.77. The summed E-state index contributed by atoms with van der Waals surface area (Å²) in [5.74, 6) is -0.519. The fraction of sp³-hybridized carbons (Fsp3) is 0.636. The largest absolute Gasteiger partial charge is 0.466 e. The van der Waals surface area contributed by atoms with Crippen LogP contribution in [0.15, 0.2) is 6.07 Å². The highest BCUT2D eigenvalue weighted by Gasteiger charge is 2.35. The van der Waals surface area contributed by atoms with Crippen molar-refractivity contribution in [3.05, 3.63) is 11.8 Å². The summed E-state index contributed by atoms with van der Waals surface area (Å²) >= 11 is 0. The Morgan fingerprint density at radius 2 is 2.10 bits per heavy atom. The van der Waals surface area contributed by atoms with Crippen molar-refractivity contribution in [2.24, 2.45) is 7.05 Å². The van der Waals surface area contributed by atoms with E-state index in [4.69, 9.17) is 9.47 Å². The number of carbonyl (C=O) groups is 1. The van der Waals surface area contributed by atoms with Gasteiger partial charge in [0, 0.05) is 26.2 Å². The van der Waals surface area contributed by atoms with Crippen LogP contribution in [0.3, 0.4) is 0 Å². The summed E-state index contributed by atoms with van der Waals surface area (Å²) in [7, 11) is 1.17. The first kappa shape index (κ1) is 14.6. The van der Waals surface area contributed by atoms with Crippen molar-refractivity contribution in [1.82, 2.24) is 14.7 Å². The van der Waals surface area contributed by atoms with Gasteiger partial charge in [-0.25, -0.2) is 0 Å². The predicted octanol–water partition coefficient (Wildman–Crippen LogP) is 0.677. The second-order valence-corrected chi connectivity index (χ2v) is 4.27. The molecule has 0 radical (unpaired) electrons. The Bertz CT molecular complexity index is 481. The Labute approximate surface area is 113 Å². The maximum absolute atomic E-state index is 12.5. The van der Waals surface area contributed by atoms with E-state index >= 15 is 0 Å². The lowest BCUT2D eigenvalue weighted by Gasteiger charge is -2.26. The van der Waals surface area contributed by atoms with Crippen LogP contribution in [0.1, 0.15) is 5.69 Å². The standard InChI is InChI=1S/C11H14F3N3O3/c1-16-8(11(12,13)14)6-9(15-16)20-7-10(18)17-2-4-19-5-3-17/h6H,2-5,7H2,1H3. The quantitative estimate of drug-likeness (QED) is 0.822. The van der Waals surface area contributed by atoms with E-state index in [2.05, 4.69) is 5.10 Å². The molecular weight excluding hydrogens is 279 g/mol. The molecule has 2 heterocycles. The van der Waals surface area contributed by atoms with E-state index in [1.54, 1.807) is 0 Å². The maximum atomic E-state index is 12.5. The molecule has 0 unspecified atom stereocenters. The number of aromatic nitrogens is 2. The van der Waals surface area contributed by atoms with E-state index in [9.17, 15) is 18.0 Å². The zero-order valence-electron chi connectivity index (χ0n) is 10.8. The van der Waals surface area contributed by atoms with Crippen LogP contribution in [0, 0.1) is 0 Å². The minimum atomic E-state index is -4.50. The Morgan fingerprint density at radius 3 is 2.65 bits per heavy atom. The molecule has 0 aliphatic carbocycles. The van der Waals surface area contributed by atoms with Gasteiger partial charge in [-0.2, -0.15) is 13.2 Å². The lowest BCUT2D eigenvalue weighted by atomic mass is 10.4. The number of alkyl halides is 3. The normalized spacial score (nSPS) is 16.3. The number of rotatable bonds is 3. The Balaban J connectivity index is 1.92. The molecule has 0 atom stereocenters. The summed E-state index contributed by atoms with van der Waals surface area (Å²) in [6.07, 6.45) is -4.50. The van der Waals surface area contributed by atoms with E-state index in [0.717, 1.165) is 6.07 Å². The van der Waals surface area contributed by atoms with Gasteiger partial charge in [-0.05, 0) is 0 Å². The minimum Gasteiger partial charge on any atom is -0.466 e. The van der Waals surface area contributed by atoms with Gasteiger partial charge in [0.2, 0.25) is 5.88 Å². The predicted molar refractivity (Wildman–Crippen MR) is 61.1 cm³/mol. The van der Waals surface area contributed by atoms with E-state index < -0.39 is 11.9 Å². The van der Waals surface area contributed by atoms with Gasteiger partial charge >= 0.3 is 6.18 Å². The van der Waals surface area contributed by atoms with Crippen molar-refractivity contribution in [1.29, 1.82) is 0 Å². The molecule has 20 heavy (non-hydrogen) atoms. The van der Waals surface area contributed by atoms with Gasteiger partial charge in [0.05, 0.1) is 13.2 Å². The molecule has 1 aromatic heterocycles. The molecule has 2 rings (SSSR count). The van der Waals surface area contributed by atoms with Crippen LogP contribution in [0.4, 0.5) is 13.2 Å². The zero-order valence-corrected chi connectivity index (χ0v) is 10.8. The minimum absolute atomic E-state index is 0.221. The SMILES string of the molecule is Cn1nc(OCC(=O)N2CCOCC2)cc1C(F)(F)F. The molecular formula is C11H14F3N3O3. The second-order valence-electron chi connectivity index (χ2n) is 4.27. The van der Waals surface area contributed by atoms with Crippen LogP contribution >= 0.6 is 0 Å². The monoisotopic (exact) mass is 293 g/mol. The van der Waals surface area contributed by atoms with Gasteiger partial charge in [0.1, 0.15) is 5.69 Å². The summed E-state index contributed by atoms with van der Waals surface area (Å²) in [4.78, 5) is 13.3. The molecule has 1 fully saturated rings. The molecule has 1 saturated heterocycles. The van der Waals surface area contributed by atoms with Crippen molar-refractivity contribution in [2.75, 3.05) is 32.9 Å². The van der Waals surface area contributed by atoms with E-state index in [0.29, 0.717) is 31.0 Å². The highest BCUT2D eigenvalue weighted by Crippen LogP contribution is 2.30. The summed E-state index contributed by atoms with van der Waals surface area (Å²) in [5.41, 5.74) is -0.925. The number of morpholine rings is 1. The molecule has 0 saturated carbocycles. The first-order valence-electron chi connectivity index (χ1n) is 5.97. The van der Waals surface area contributed by atoms with Crippen molar-refractivity contribution >= 4 is 5.91 Å². The third-order valence-electron chi connectivity index (χ3n) is 2.86. The van der Waals surface area contributed by atoms with E-state index in [1.165, 1.54) is 11.9 Å². The van der Waals surface area contributed by atoms with Crippen LogP contribution in [0.25, 0.3) is 0 Å². The van der Waals surface area contributed by atoms with E-state index in [-0.39, 0.29) is 18.4 Å². The Kier molecular flexibility index (Phi) is 4.17. The van der Waals surface area contributed by atoms with Gasteiger partial charge in [-0.1, -0.05) is 0 Å².